The molecule has 1 fully saturated rings. The summed E-state index contributed by atoms with van der Waals surface area (Å²) in [6.07, 6.45) is -1.11. The van der Waals surface area contributed by atoms with Crippen LogP contribution in [0.4, 0.5) is 13.6 Å². The molecule has 0 saturated carbocycles. The van der Waals surface area contributed by atoms with Gasteiger partial charge in [0.25, 0.3) is 5.91 Å². The van der Waals surface area contributed by atoms with E-state index in [4.69, 9.17) is 4.74 Å². The van der Waals surface area contributed by atoms with Gasteiger partial charge in [0.2, 0.25) is 0 Å². The Kier molecular flexibility index (Phi) is 5.54. The predicted octanol–water partition coefficient (Wildman–Crippen LogP) is 2.37. The standard InChI is InChI=1S/C18H18F2N2O4S/c1-18(14-7-11(19)4-5-15(14)20)16(24)22(17(25)21-18)8-12(23)9-26-10-13-3-2-6-27-13/h2-7,12,23H,8-10H2,1H3,(H,21,25)/t12-,18+/m0/s1. The zero-order chi connectivity index (χ0) is 19.6. The molecule has 0 radical (unpaired) electrons. The van der Waals surface area contributed by atoms with Gasteiger partial charge in [-0.1, -0.05) is 6.07 Å². The van der Waals surface area contributed by atoms with Gasteiger partial charge in [-0.05, 0) is 36.6 Å². The second-order valence-corrected chi connectivity index (χ2v) is 7.38. The molecule has 2 aromatic rings. The van der Waals surface area contributed by atoms with E-state index in [1.807, 2.05) is 17.5 Å². The highest BCUT2D eigenvalue weighted by molar-refractivity contribution is 7.09. The molecule has 3 amide bonds. The van der Waals surface area contributed by atoms with Crippen molar-refractivity contribution >= 4 is 23.3 Å². The summed E-state index contributed by atoms with van der Waals surface area (Å²) in [5.74, 6) is -2.31. The number of aliphatic hydroxyl groups is 1. The quantitative estimate of drug-likeness (QED) is 0.705. The van der Waals surface area contributed by atoms with Gasteiger partial charge in [-0.15, -0.1) is 11.3 Å². The van der Waals surface area contributed by atoms with E-state index in [1.54, 1.807) is 0 Å². The Bertz CT molecular complexity index is 846. The van der Waals surface area contributed by atoms with E-state index in [9.17, 15) is 23.5 Å². The average Bonchev–Trinajstić information content (AvgIpc) is 3.20. The van der Waals surface area contributed by atoms with Crippen LogP contribution >= 0.6 is 11.3 Å². The van der Waals surface area contributed by atoms with Gasteiger partial charge < -0.3 is 15.2 Å². The van der Waals surface area contributed by atoms with Crippen LogP contribution in [0, 0.1) is 11.6 Å². The monoisotopic (exact) mass is 396 g/mol. The number of imide groups is 1. The second kappa shape index (κ2) is 7.71. The predicted molar refractivity (Wildman–Crippen MR) is 93.9 cm³/mol. The summed E-state index contributed by atoms with van der Waals surface area (Å²) in [7, 11) is 0. The molecule has 1 aromatic carbocycles. The molecule has 9 heteroatoms. The van der Waals surface area contributed by atoms with Gasteiger partial charge in [0, 0.05) is 10.4 Å². The first kappa shape index (κ1) is 19.4. The molecular weight excluding hydrogens is 378 g/mol. The van der Waals surface area contributed by atoms with E-state index < -0.39 is 35.2 Å². The van der Waals surface area contributed by atoms with Crippen LogP contribution in [0.15, 0.2) is 35.7 Å². The number of thiophene rings is 1. The highest BCUT2D eigenvalue weighted by Crippen LogP contribution is 2.31. The number of amides is 3. The minimum Gasteiger partial charge on any atom is -0.389 e. The molecule has 1 saturated heterocycles. The fourth-order valence-corrected chi connectivity index (χ4v) is 3.52. The van der Waals surface area contributed by atoms with Gasteiger partial charge >= 0.3 is 6.03 Å². The average molecular weight is 396 g/mol. The molecule has 1 aliphatic rings. The van der Waals surface area contributed by atoms with Crippen molar-refractivity contribution in [2.24, 2.45) is 0 Å². The summed E-state index contributed by atoms with van der Waals surface area (Å²) in [5.41, 5.74) is -2.02. The summed E-state index contributed by atoms with van der Waals surface area (Å²) in [6, 6.07) is 5.66. The SMILES string of the molecule is C[C@]1(c2cc(F)ccc2F)NC(=O)N(C[C@H](O)COCc2cccs2)C1=O. The molecule has 1 aliphatic heterocycles. The lowest BCUT2D eigenvalue weighted by molar-refractivity contribution is -0.132. The summed E-state index contributed by atoms with van der Waals surface area (Å²) in [5, 5.41) is 14.4. The van der Waals surface area contributed by atoms with E-state index >= 15 is 0 Å². The Morgan fingerprint density at radius 2 is 2.11 bits per heavy atom. The van der Waals surface area contributed by atoms with Crippen molar-refractivity contribution in [2.75, 3.05) is 13.2 Å². The molecule has 144 valence electrons. The third-order valence-corrected chi connectivity index (χ3v) is 5.12. The lowest BCUT2D eigenvalue weighted by Gasteiger charge is -2.23. The van der Waals surface area contributed by atoms with Crippen molar-refractivity contribution in [3.05, 3.63) is 57.8 Å². The number of rotatable bonds is 7. The minimum absolute atomic E-state index is 0.0833. The number of nitrogens with one attached hydrogen (secondary N) is 1. The largest absolute Gasteiger partial charge is 0.389 e. The maximum absolute atomic E-state index is 14.1. The molecule has 2 atom stereocenters. The van der Waals surface area contributed by atoms with Crippen molar-refractivity contribution < 1.29 is 28.2 Å². The molecule has 2 N–H and O–H groups in total. The van der Waals surface area contributed by atoms with E-state index in [-0.39, 0.29) is 18.7 Å². The number of ether oxygens (including phenoxy) is 1. The van der Waals surface area contributed by atoms with Crippen molar-refractivity contribution in [2.45, 2.75) is 25.2 Å². The summed E-state index contributed by atoms with van der Waals surface area (Å²) in [6.45, 7) is 1.20. The summed E-state index contributed by atoms with van der Waals surface area (Å²) < 4.78 is 33.0. The lowest BCUT2D eigenvalue weighted by atomic mass is 9.91. The number of benzene rings is 1. The second-order valence-electron chi connectivity index (χ2n) is 6.34. The number of carbonyl (C=O) groups is 2. The van der Waals surface area contributed by atoms with E-state index in [2.05, 4.69) is 5.32 Å². The number of aliphatic hydroxyl groups excluding tert-OH is 1. The van der Waals surface area contributed by atoms with Crippen LogP contribution in [0.25, 0.3) is 0 Å². The number of halogens is 2. The van der Waals surface area contributed by atoms with Crippen LogP contribution in [0.1, 0.15) is 17.4 Å². The van der Waals surface area contributed by atoms with Gasteiger partial charge in [-0.25, -0.2) is 13.6 Å². The van der Waals surface area contributed by atoms with Gasteiger partial charge in [-0.3, -0.25) is 9.69 Å². The van der Waals surface area contributed by atoms with Crippen molar-refractivity contribution in [1.82, 2.24) is 10.2 Å². The molecule has 0 unspecified atom stereocenters. The first-order valence-corrected chi connectivity index (χ1v) is 9.07. The molecule has 0 spiro atoms. The summed E-state index contributed by atoms with van der Waals surface area (Å²) >= 11 is 1.51. The van der Waals surface area contributed by atoms with E-state index in [1.165, 1.54) is 18.3 Å². The normalized spacial score (nSPS) is 20.8. The molecule has 1 aromatic heterocycles. The molecule has 0 aliphatic carbocycles. The van der Waals surface area contributed by atoms with Gasteiger partial charge in [-0.2, -0.15) is 0 Å². The number of urea groups is 1. The van der Waals surface area contributed by atoms with Crippen molar-refractivity contribution in [3.8, 4) is 0 Å². The number of hydrogen-bond acceptors (Lipinski definition) is 5. The Labute approximate surface area is 158 Å². The molecule has 0 bridgehead atoms. The Morgan fingerprint density at radius 1 is 1.33 bits per heavy atom. The molecule has 27 heavy (non-hydrogen) atoms. The number of β-amino-alcohol motifs (C(OH)–C–C–N with tert-alkyl or cyclic N) is 1. The zero-order valence-electron chi connectivity index (χ0n) is 14.4. The highest BCUT2D eigenvalue weighted by Gasteiger charge is 2.50. The molecule has 2 heterocycles. The van der Waals surface area contributed by atoms with Crippen LogP contribution < -0.4 is 5.32 Å². The van der Waals surface area contributed by atoms with Crippen LogP contribution in [0.5, 0.6) is 0 Å². The lowest BCUT2D eigenvalue weighted by Crippen LogP contribution is -2.43. The maximum atomic E-state index is 14.1. The fourth-order valence-electron chi connectivity index (χ4n) is 2.88. The molecule has 6 nitrogen and oxygen atoms in total. The third-order valence-electron chi connectivity index (χ3n) is 4.27. The van der Waals surface area contributed by atoms with Gasteiger partial charge in [0.15, 0.2) is 0 Å². The molecular formula is C18H18F2N2O4S. The van der Waals surface area contributed by atoms with Crippen LogP contribution in [0.2, 0.25) is 0 Å². The van der Waals surface area contributed by atoms with Gasteiger partial charge in [0.05, 0.1) is 25.9 Å². The van der Waals surface area contributed by atoms with Crippen molar-refractivity contribution in [3.63, 3.8) is 0 Å². The highest BCUT2D eigenvalue weighted by atomic mass is 32.1. The Hall–Kier alpha value is -2.36. The fraction of sp³-hybridized carbons (Fsp3) is 0.333. The topological polar surface area (TPSA) is 78.9 Å². The van der Waals surface area contributed by atoms with Crippen LogP contribution in [0.3, 0.4) is 0 Å². The summed E-state index contributed by atoms with van der Waals surface area (Å²) in [4.78, 5) is 26.7. The molecule has 3 rings (SSSR count). The van der Waals surface area contributed by atoms with Crippen molar-refractivity contribution in [1.29, 1.82) is 0 Å². The smallest absolute Gasteiger partial charge is 0.325 e. The number of hydrogen-bond donors (Lipinski definition) is 2. The minimum atomic E-state index is -1.75. The first-order valence-electron chi connectivity index (χ1n) is 8.19. The first-order chi connectivity index (χ1) is 12.8. The van der Waals surface area contributed by atoms with E-state index in [0.717, 1.165) is 28.0 Å². The van der Waals surface area contributed by atoms with E-state index in [0.29, 0.717) is 6.61 Å². The third kappa shape index (κ3) is 4.00. The number of carbonyl (C=O) groups excluding carboxylic acids is 2. The Morgan fingerprint density at radius 3 is 2.81 bits per heavy atom. The Balaban J connectivity index is 1.65. The van der Waals surface area contributed by atoms with Crippen LogP contribution in [-0.2, 0) is 21.7 Å². The maximum Gasteiger partial charge on any atom is 0.325 e. The number of nitrogens with zero attached hydrogens (tertiary/aromatic N) is 1. The van der Waals surface area contributed by atoms with Crippen LogP contribution in [-0.4, -0.2) is 41.2 Å². The zero-order valence-corrected chi connectivity index (χ0v) is 15.3. The van der Waals surface area contributed by atoms with Gasteiger partial charge in [0.1, 0.15) is 17.2 Å².